The van der Waals surface area contributed by atoms with Crippen molar-refractivity contribution in [2.75, 3.05) is 20.3 Å². The zero-order chi connectivity index (χ0) is 15.7. The van der Waals surface area contributed by atoms with E-state index in [1.807, 2.05) is 0 Å². The second-order valence-corrected chi connectivity index (χ2v) is 5.20. The summed E-state index contributed by atoms with van der Waals surface area (Å²) in [5.41, 5.74) is 0.315. The monoisotopic (exact) mass is 296 g/mol. The van der Waals surface area contributed by atoms with Gasteiger partial charge in [-0.1, -0.05) is 33.1 Å². The van der Waals surface area contributed by atoms with Crippen LogP contribution in [0, 0.1) is 11.7 Å². The molecule has 0 saturated heterocycles. The Morgan fingerprint density at radius 3 is 2.67 bits per heavy atom. The van der Waals surface area contributed by atoms with Gasteiger partial charge in [0.2, 0.25) is 0 Å². The number of rotatable bonds is 10. The van der Waals surface area contributed by atoms with Crippen molar-refractivity contribution in [2.24, 2.45) is 5.92 Å². The van der Waals surface area contributed by atoms with Crippen LogP contribution in [0.15, 0.2) is 18.2 Å². The average molecular weight is 296 g/mol. The molecule has 1 aromatic carbocycles. The van der Waals surface area contributed by atoms with Crippen molar-refractivity contribution in [3.05, 3.63) is 29.6 Å². The van der Waals surface area contributed by atoms with Gasteiger partial charge in [0.05, 0.1) is 7.11 Å². The first-order valence-corrected chi connectivity index (χ1v) is 7.56. The van der Waals surface area contributed by atoms with Crippen molar-refractivity contribution in [2.45, 2.75) is 39.5 Å². The Kier molecular flexibility index (Phi) is 7.98. The van der Waals surface area contributed by atoms with Gasteiger partial charge in [0.25, 0.3) is 0 Å². The van der Waals surface area contributed by atoms with Crippen LogP contribution in [0.5, 0.6) is 5.75 Å². The summed E-state index contributed by atoms with van der Waals surface area (Å²) < 4.78 is 23.9. The summed E-state index contributed by atoms with van der Waals surface area (Å²) in [6, 6.07) is 4.21. The fraction of sp³-hybridized carbons (Fsp3) is 0.588. The van der Waals surface area contributed by atoms with Crippen molar-refractivity contribution in [3.63, 3.8) is 0 Å². The molecule has 0 bridgehead atoms. The van der Waals surface area contributed by atoms with E-state index in [-0.39, 0.29) is 18.1 Å². The van der Waals surface area contributed by atoms with Crippen LogP contribution in [0.4, 0.5) is 4.39 Å². The summed E-state index contributed by atoms with van der Waals surface area (Å²) in [5, 5.41) is 0. The summed E-state index contributed by atoms with van der Waals surface area (Å²) in [6.45, 7) is 4.87. The molecule has 0 aliphatic rings. The zero-order valence-electron chi connectivity index (χ0n) is 13.2. The Bertz CT molecular complexity index is 446. The first-order valence-electron chi connectivity index (χ1n) is 7.56. The van der Waals surface area contributed by atoms with E-state index >= 15 is 0 Å². The van der Waals surface area contributed by atoms with Gasteiger partial charge >= 0.3 is 0 Å². The lowest BCUT2D eigenvalue weighted by Gasteiger charge is -2.14. The van der Waals surface area contributed by atoms with Gasteiger partial charge < -0.3 is 9.47 Å². The maximum absolute atomic E-state index is 13.5. The molecule has 0 aromatic heterocycles. The van der Waals surface area contributed by atoms with E-state index < -0.39 is 5.82 Å². The van der Waals surface area contributed by atoms with Crippen molar-refractivity contribution < 1.29 is 18.7 Å². The average Bonchev–Trinajstić information content (AvgIpc) is 2.50. The first kappa shape index (κ1) is 17.6. The summed E-state index contributed by atoms with van der Waals surface area (Å²) in [7, 11) is 1.39. The molecule has 1 rings (SSSR count). The number of methoxy groups -OCH3 is 1. The van der Waals surface area contributed by atoms with Crippen LogP contribution in [0.2, 0.25) is 0 Å². The lowest BCUT2D eigenvalue weighted by molar-refractivity contribution is 0.0658. The minimum atomic E-state index is -0.530. The summed E-state index contributed by atoms with van der Waals surface area (Å²) >= 11 is 0. The Balaban J connectivity index is 2.44. The molecule has 0 spiro atoms. The molecule has 1 unspecified atom stereocenters. The number of ether oxygens (including phenoxy) is 2. The molecule has 3 nitrogen and oxygen atoms in total. The molecule has 0 N–H and O–H groups in total. The van der Waals surface area contributed by atoms with Crippen molar-refractivity contribution in [1.29, 1.82) is 0 Å². The highest BCUT2D eigenvalue weighted by Gasteiger charge is 2.12. The number of unbranched alkanes of at least 4 members (excludes halogenated alkanes) is 1. The topological polar surface area (TPSA) is 35.5 Å². The second-order valence-electron chi connectivity index (χ2n) is 5.20. The van der Waals surface area contributed by atoms with E-state index in [0.29, 0.717) is 18.1 Å². The van der Waals surface area contributed by atoms with E-state index in [1.165, 1.54) is 32.1 Å². The van der Waals surface area contributed by atoms with E-state index in [4.69, 9.17) is 9.47 Å². The number of hydrogen-bond acceptors (Lipinski definition) is 3. The van der Waals surface area contributed by atoms with Crippen LogP contribution < -0.4 is 4.74 Å². The molecule has 0 fully saturated rings. The first-order chi connectivity index (χ1) is 10.1. The molecule has 1 aromatic rings. The SMILES string of the molecule is CCCCC(CC)COCC(=O)c1ccc(OC)c(F)c1. The Labute approximate surface area is 126 Å². The van der Waals surface area contributed by atoms with Crippen LogP contribution in [-0.2, 0) is 4.74 Å². The maximum Gasteiger partial charge on any atom is 0.188 e. The lowest BCUT2D eigenvalue weighted by atomic mass is 10.0. The minimum absolute atomic E-state index is 0.00556. The molecule has 0 heterocycles. The molecular weight excluding hydrogens is 271 g/mol. The van der Waals surface area contributed by atoms with Gasteiger partial charge in [-0.05, 0) is 30.5 Å². The largest absolute Gasteiger partial charge is 0.494 e. The van der Waals surface area contributed by atoms with Gasteiger partial charge in [-0.25, -0.2) is 4.39 Å². The van der Waals surface area contributed by atoms with Crippen LogP contribution in [0.3, 0.4) is 0 Å². The zero-order valence-corrected chi connectivity index (χ0v) is 13.2. The van der Waals surface area contributed by atoms with E-state index in [0.717, 1.165) is 12.8 Å². The number of ketones is 1. The predicted octanol–water partition coefficient (Wildman–Crippen LogP) is 4.25. The van der Waals surface area contributed by atoms with E-state index in [2.05, 4.69) is 13.8 Å². The fourth-order valence-electron chi connectivity index (χ4n) is 2.14. The highest BCUT2D eigenvalue weighted by atomic mass is 19.1. The van der Waals surface area contributed by atoms with Gasteiger partial charge in [0.1, 0.15) is 6.61 Å². The summed E-state index contributed by atoms with van der Waals surface area (Å²) in [5.74, 6) is -0.108. The molecule has 1 atom stereocenters. The van der Waals surface area contributed by atoms with Gasteiger partial charge in [-0.2, -0.15) is 0 Å². The molecule has 0 amide bonds. The van der Waals surface area contributed by atoms with Crippen LogP contribution >= 0.6 is 0 Å². The van der Waals surface area contributed by atoms with Gasteiger partial charge in [0.15, 0.2) is 17.3 Å². The predicted molar refractivity (Wildman–Crippen MR) is 81.4 cm³/mol. The molecule has 0 saturated carbocycles. The van der Waals surface area contributed by atoms with Crippen LogP contribution in [0.1, 0.15) is 49.9 Å². The highest BCUT2D eigenvalue weighted by Crippen LogP contribution is 2.18. The van der Waals surface area contributed by atoms with Crippen molar-refractivity contribution in [3.8, 4) is 5.75 Å². The lowest BCUT2D eigenvalue weighted by Crippen LogP contribution is -2.15. The Hall–Kier alpha value is -1.42. The molecule has 21 heavy (non-hydrogen) atoms. The number of carbonyl (C=O) groups excluding carboxylic acids is 1. The highest BCUT2D eigenvalue weighted by molar-refractivity contribution is 5.97. The Morgan fingerprint density at radius 2 is 2.10 bits per heavy atom. The van der Waals surface area contributed by atoms with Crippen LogP contribution in [0.25, 0.3) is 0 Å². The molecule has 0 aliphatic carbocycles. The second kappa shape index (κ2) is 9.50. The van der Waals surface area contributed by atoms with Gasteiger partial charge in [-0.3, -0.25) is 4.79 Å². The normalized spacial score (nSPS) is 12.2. The third kappa shape index (κ3) is 5.84. The van der Waals surface area contributed by atoms with Crippen molar-refractivity contribution in [1.82, 2.24) is 0 Å². The smallest absolute Gasteiger partial charge is 0.188 e. The Morgan fingerprint density at radius 1 is 1.33 bits per heavy atom. The van der Waals surface area contributed by atoms with E-state index in [1.54, 1.807) is 6.07 Å². The van der Waals surface area contributed by atoms with Crippen LogP contribution in [-0.4, -0.2) is 26.1 Å². The number of carbonyl (C=O) groups is 1. The summed E-state index contributed by atoms with van der Waals surface area (Å²) in [4.78, 5) is 11.9. The number of hydrogen-bond donors (Lipinski definition) is 0. The third-order valence-corrected chi connectivity index (χ3v) is 3.60. The molecule has 0 aliphatic heterocycles. The summed E-state index contributed by atoms with van der Waals surface area (Å²) in [6.07, 6.45) is 4.52. The maximum atomic E-state index is 13.5. The van der Waals surface area contributed by atoms with E-state index in [9.17, 15) is 9.18 Å². The molecule has 4 heteroatoms. The van der Waals surface area contributed by atoms with Gasteiger partial charge in [-0.15, -0.1) is 0 Å². The minimum Gasteiger partial charge on any atom is -0.494 e. The molecule has 0 radical (unpaired) electrons. The van der Waals surface area contributed by atoms with Gasteiger partial charge in [0, 0.05) is 12.2 Å². The molecule has 118 valence electrons. The number of benzene rings is 1. The quantitative estimate of drug-likeness (QED) is 0.605. The van der Waals surface area contributed by atoms with Crippen molar-refractivity contribution >= 4 is 5.78 Å². The molecular formula is C17H25FO3. The third-order valence-electron chi connectivity index (χ3n) is 3.60. The number of halogens is 1. The standard InChI is InChI=1S/C17H25FO3/c1-4-6-7-13(5-2)11-21-12-16(19)14-8-9-17(20-3)15(18)10-14/h8-10,13H,4-7,11-12H2,1-3H3. The number of Topliss-reactive ketones (excluding diaryl/α,β-unsaturated/α-hetero) is 1. The fourth-order valence-corrected chi connectivity index (χ4v) is 2.14.